The van der Waals surface area contributed by atoms with E-state index in [0.29, 0.717) is 6.04 Å². The Bertz CT molecular complexity index is 411. The molecule has 0 aromatic heterocycles. The van der Waals surface area contributed by atoms with Crippen LogP contribution in [0.2, 0.25) is 0 Å². The maximum Gasteiger partial charge on any atom is 0.0323 e. The number of hydrogen-bond donors (Lipinski definition) is 1. The molecule has 0 spiro atoms. The summed E-state index contributed by atoms with van der Waals surface area (Å²) < 4.78 is 0. The van der Waals surface area contributed by atoms with Gasteiger partial charge in [0.2, 0.25) is 0 Å². The molecule has 3 rings (SSSR count). The van der Waals surface area contributed by atoms with Crippen LogP contribution in [0.3, 0.4) is 0 Å². The first-order chi connectivity index (χ1) is 8.75. The molecule has 2 atom stereocenters. The molecule has 1 aliphatic heterocycles. The second-order valence-electron chi connectivity index (χ2n) is 5.93. The van der Waals surface area contributed by atoms with Gasteiger partial charge in [-0.05, 0) is 43.7 Å². The summed E-state index contributed by atoms with van der Waals surface area (Å²) in [6, 6.07) is 10.1. The van der Waals surface area contributed by atoms with Gasteiger partial charge in [-0.2, -0.15) is 0 Å². The third kappa shape index (κ3) is 2.45. The van der Waals surface area contributed by atoms with E-state index in [1.165, 1.54) is 37.1 Å². The summed E-state index contributed by atoms with van der Waals surface area (Å²) in [5.41, 5.74) is 2.92. The van der Waals surface area contributed by atoms with Gasteiger partial charge in [-0.3, -0.25) is 4.90 Å². The summed E-state index contributed by atoms with van der Waals surface area (Å²) in [5.74, 6) is 0.955. The fraction of sp³-hybridized carbons (Fsp3) is 0.625. The molecule has 1 N–H and O–H groups in total. The number of benzene rings is 1. The number of piperazine rings is 1. The Labute approximate surface area is 110 Å². The molecular weight excluding hydrogens is 220 g/mol. The molecule has 0 radical (unpaired) electrons. The highest BCUT2D eigenvalue weighted by atomic mass is 15.2. The van der Waals surface area contributed by atoms with Gasteiger partial charge >= 0.3 is 0 Å². The van der Waals surface area contributed by atoms with Gasteiger partial charge in [0.15, 0.2) is 0 Å². The zero-order valence-electron chi connectivity index (χ0n) is 11.5. The lowest BCUT2D eigenvalue weighted by atomic mass is 9.99. The Morgan fingerprint density at radius 3 is 2.78 bits per heavy atom. The minimum atomic E-state index is 0.551. The van der Waals surface area contributed by atoms with Gasteiger partial charge < -0.3 is 5.32 Å². The molecule has 1 heterocycles. The van der Waals surface area contributed by atoms with Gasteiger partial charge in [0.1, 0.15) is 0 Å². The number of nitrogens with zero attached hydrogens (tertiary/aromatic N) is 1. The van der Waals surface area contributed by atoms with Gasteiger partial charge in [0.05, 0.1) is 0 Å². The van der Waals surface area contributed by atoms with Crippen LogP contribution in [0.4, 0.5) is 0 Å². The van der Waals surface area contributed by atoms with Crippen LogP contribution < -0.4 is 5.32 Å². The molecule has 2 aliphatic rings. The Kier molecular flexibility index (Phi) is 3.40. The first-order valence-electron chi connectivity index (χ1n) is 7.28. The molecule has 2 nitrogen and oxygen atoms in total. The highest BCUT2D eigenvalue weighted by Gasteiger charge is 2.35. The molecule has 1 aliphatic carbocycles. The Hall–Kier alpha value is -0.860. The minimum absolute atomic E-state index is 0.551. The van der Waals surface area contributed by atoms with Crippen molar-refractivity contribution >= 4 is 0 Å². The van der Waals surface area contributed by atoms with Crippen molar-refractivity contribution in [3.63, 3.8) is 0 Å². The second kappa shape index (κ2) is 5.02. The molecule has 1 aromatic carbocycles. The van der Waals surface area contributed by atoms with Gasteiger partial charge in [0, 0.05) is 31.7 Å². The quantitative estimate of drug-likeness (QED) is 0.879. The molecule has 18 heavy (non-hydrogen) atoms. The summed E-state index contributed by atoms with van der Waals surface area (Å²) in [7, 11) is 0. The van der Waals surface area contributed by atoms with E-state index in [2.05, 4.69) is 48.3 Å². The largest absolute Gasteiger partial charge is 0.311 e. The Morgan fingerprint density at radius 2 is 2.06 bits per heavy atom. The second-order valence-corrected chi connectivity index (χ2v) is 5.93. The third-order valence-electron chi connectivity index (χ3n) is 4.61. The summed E-state index contributed by atoms with van der Waals surface area (Å²) in [4.78, 5) is 2.65. The lowest BCUT2D eigenvalue weighted by molar-refractivity contribution is 0.144. The molecule has 2 heteroatoms. The topological polar surface area (TPSA) is 15.3 Å². The van der Waals surface area contributed by atoms with E-state index in [4.69, 9.17) is 0 Å². The maximum atomic E-state index is 3.69. The highest BCUT2D eigenvalue weighted by Crippen LogP contribution is 2.35. The zero-order valence-corrected chi connectivity index (χ0v) is 11.5. The molecule has 0 amide bonds. The number of nitrogens with one attached hydrogen (secondary N) is 1. The van der Waals surface area contributed by atoms with Crippen molar-refractivity contribution in [2.24, 2.45) is 5.92 Å². The van der Waals surface area contributed by atoms with E-state index in [-0.39, 0.29) is 0 Å². The number of aryl methyl sites for hydroxylation is 1. The molecule has 98 valence electrons. The Balaban J connectivity index is 1.71. The zero-order chi connectivity index (χ0) is 12.5. The van der Waals surface area contributed by atoms with Crippen molar-refractivity contribution in [3.8, 4) is 0 Å². The first kappa shape index (κ1) is 12.2. The van der Waals surface area contributed by atoms with Crippen molar-refractivity contribution in [3.05, 3.63) is 35.4 Å². The molecule has 2 unspecified atom stereocenters. The monoisotopic (exact) mass is 244 g/mol. The molecule has 1 aromatic rings. The third-order valence-corrected chi connectivity index (χ3v) is 4.61. The van der Waals surface area contributed by atoms with Crippen LogP contribution in [-0.4, -0.2) is 30.6 Å². The number of hydrogen-bond acceptors (Lipinski definition) is 2. The lowest BCUT2D eigenvalue weighted by Crippen LogP contribution is -2.52. The van der Waals surface area contributed by atoms with Crippen LogP contribution in [-0.2, 0) is 0 Å². The maximum absolute atomic E-state index is 3.69. The average Bonchev–Trinajstić information content (AvgIpc) is 3.23. The summed E-state index contributed by atoms with van der Waals surface area (Å²) >= 11 is 0. The normalized spacial score (nSPS) is 27.1. The predicted octanol–water partition coefficient (Wildman–Crippen LogP) is 2.74. The summed E-state index contributed by atoms with van der Waals surface area (Å²) in [5, 5.41) is 3.69. The van der Waals surface area contributed by atoms with Crippen LogP contribution in [0.1, 0.15) is 36.9 Å². The van der Waals surface area contributed by atoms with E-state index in [1.54, 1.807) is 0 Å². The van der Waals surface area contributed by atoms with E-state index < -0.39 is 0 Å². The van der Waals surface area contributed by atoms with Gasteiger partial charge in [-0.15, -0.1) is 0 Å². The lowest BCUT2D eigenvalue weighted by Gasteiger charge is -2.38. The standard InChI is InChI=1S/C16H24N2/c1-12-5-3-4-6-15(12)13(2)18-10-9-17-16(11-18)14-7-8-14/h3-6,13-14,16-17H,7-11H2,1-2H3. The molecule has 1 saturated carbocycles. The van der Waals surface area contributed by atoms with E-state index >= 15 is 0 Å². The van der Waals surface area contributed by atoms with Crippen LogP contribution >= 0.6 is 0 Å². The predicted molar refractivity (Wildman–Crippen MR) is 75.7 cm³/mol. The van der Waals surface area contributed by atoms with E-state index in [0.717, 1.165) is 18.5 Å². The van der Waals surface area contributed by atoms with Gasteiger partial charge in [-0.25, -0.2) is 0 Å². The SMILES string of the molecule is Cc1ccccc1C(C)N1CCNC(C2CC2)C1. The molecular formula is C16H24N2. The average molecular weight is 244 g/mol. The molecule has 1 saturated heterocycles. The van der Waals surface area contributed by atoms with Crippen LogP contribution in [0, 0.1) is 12.8 Å². The fourth-order valence-electron chi connectivity index (χ4n) is 3.22. The van der Waals surface area contributed by atoms with E-state index in [9.17, 15) is 0 Å². The Morgan fingerprint density at radius 1 is 1.28 bits per heavy atom. The minimum Gasteiger partial charge on any atom is -0.311 e. The van der Waals surface area contributed by atoms with E-state index in [1.807, 2.05) is 0 Å². The van der Waals surface area contributed by atoms with Crippen molar-refractivity contribution in [2.45, 2.75) is 38.8 Å². The van der Waals surface area contributed by atoms with Crippen molar-refractivity contribution < 1.29 is 0 Å². The van der Waals surface area contributed by atoms with Gasteiger partial charge in [-0.1, -0.05) is 24.3 Å². The van der Waals surface area contributed by atoms with Gasteiger partial charge in [0.25, 0.3) is 0 Å². The summed E-state index contributed by atoms with van der Waals surface area (Å²) in [6.07, 6.45) is 2.87. The van der Waals surface area contributed by atoms with Crippen LogP contribution in [0.25, 0.3) is 0 Å². The molecule has 2 fully saturated rings. The summed E-state index contributed by atoms with van der Waals surface area (Å²) in [6.45, 7) is 8.14. The highest BCUT2D eigenvalue weighted by molar-refractivity contribution is 5.28. The number of rotatable bonds is 3. The smallest absolute Gasteiger partial charge is 0.0323 e. The first-order valence-corrected chi connectivity index (χ1v) is 7.28. The molecule has 0 bridgehead atoms. The van der Waals surface area contributed by atoms with Crippen molar-refractivity contribution in [1.29, 1.82) is 0 Å². The van der Waals surface area contributed by atoms with Crippen LogP contribution in [0.5, 0.6) is 0 Å². The van der Waals surface area contributed by atoms with Crippen LogP contribution in [0.15, 0.2) is 24.3 Å². The van der Waals surface area contributed by atoms with Crippen molar-refractivity contribution in [2.75, 3.05) is 19.6 Å². The van der Waals surface area contributed by atoms with Crippen molar-refractivity contribution in [1.82, 2.24) is 10.2 Å². The fourth-order valence-corrected chi connectivity index (χ4v) is 3.22.